The molecule has 6 heteroatoms. The number of hydrogen-bond donors (Lipinski definition) is 1. The van der Waals surface area contributed by atoms with E-state index in [2.05, 4.69) is 10.4 Å². The lowest BCUT2D eigenvalue weighted by Gasteiger charge is -2.05. The van der Waals surface area contributed by atoms with E-state index in [-0.39, 0.29) is 11.7 Å². The van der Waals surface area contributed by atoms with Gasteiger partial charge in [-0.1, -0.05) is 25.1 Å². The van der Waals surface area contributed by atoms with Crippen molar-refractivity contribution < 1.29 is 0 Å². The third-order valence-corrected chi connectivity index (χ3v) is 2.57. The first kappa shape index (κ1) is 11.5. The Morgan fingerprint density at radius 3 is 2.65 bits per heavy atom. The maximum Gasteiger partial charge on any atom is 0.368 e. The van der Waals surface area contributed by atoms with E-state index in [4.69, 9.17) is 5.73 Å². The van der Waals surface area contributed by atoms with Crippen molar-refractivity contribution in [2.24, 2.45) is 5.73 Å². The summed E-state index contributed by atoms with van der Waals surface area (Å²) in [5.74, 6) is 0. The minimum Gasteiger partial charge on any atom is -0.326 e. The molecule has 0 bridgehead atoms. The van der Waals surface area contributed by atoms with Crippen molar-refractivity contribution in [2.75, 3.05) is 0 Å². The van der Waals surface area contributed by atoms with Crippen LogP contribution in [0.4, 0.5) is 0 Å². The molecule has 6 nitrogen and oxygen atoms in total. The Bertz CT molecular complexity index is 530. The van der Waals surface area contributed by atoms with Crippen LogP contribution in [0.2, 0.25) is 0 Å². The molecule has 17 heavy (non-hydrogen) atoms. The average Bonchev–Trinajstić information content (AvgIpc) is 2.72. The van der Waals surface area contributed by atoms with Gasteiger partial charge in [-0.3, -0.25) is 0 Å². The first-order valence-electron chi connectivity index (χ1n) is 5.56. The second kappa shape index (κ2) is 4.92. The first-order valence-corrected chi connectivity index (χ1v) is 5.56. The molecule has 0 aliphatic rings. The van der Waals surface area contributed by atoms with E-state index < -0.39 is 0 Å². The van der Waals surface area contributed by atoms with Crippen LogP contribution in [0.5, 0.6) is 0 Å². The summed E-state index contributed by atoms with van der Waals surface area (Å²) in [4.78, 5) is 12.0. The standard InChI is InChI=1S/C11H15N5O/c1-2-9(12)8-15-11(17)16(14-13-15)10-6-4-3-5-7-10/h3-7,9H,2,8,12H2,1H3/t9-/m1/s1. The number of rotatable bonds is 4. The summed E-state index contributed by atoms with van der Waals surface area (Å²) in [7, 11) is 0. The molecule has 0 saturated heterocycles. The zero-order valence-corrected chi connectivity index (χ0v) is 9.65. The van der Waals surface area contributed by atoms with E-state index in [0.717, 1.165) is 6.42 Å². The Balaban J connectivity index is 2.31. The van der Waals surface area contributed by atoms with Crippen LogP contribution in [0.25, 0.3) is 5.69 Å². The van der Waals surface area contributed by atoms with E-state index in [1.165, 1.54) is 9.36 Å². The van der Waals surface area contributed by atoms with Crippen LogP contribution in [0.3, 0.4) is 0 Å². The Labute approximate surface area is 98.6 Å². The molecule has 2 rings (SSSR count). The lowest BCUT2D eigenvalue weighted by molar-refractivity contribution is 0.479. The minimum atomic E-state index is -0.264. The van der Waals surface area contributed by atoms with Crippen LogP contribution in [0.15, 0.2) is 35.1 Å². The molecule has 2 N–H and O–H groups in total. The van der Waals surface area contributed by atoms with Crippen LogP contribution < -0.4 is 11.4 Å². The molecule has 1 atom stereocenters. The molecule has 0 radical (unpaired) electrons. The van der Waals surface area contributed by atoms with Crippen LogP contribution >= 0.6 is 0 Å². The number of hydrogen-bond acceptors (Lipinski definition) is 4. The van der Waals surface area contributed by atoms with Crippen molar-refractivity contribution in [3.8, 4) is 5.69 Å². The summed E-state index contributed by atoms with van der Waals surface area (Å²) in [5.41, 5.74) is 6.22. The van der Waals surface area contributed by atoms with E-state index >= 15 is 0 Å². The van der Waals surface area contributed by atoms with Gasteiger partial charge in [0.1, 0.15) is 0 Å². The predicted molar refractivity (Wildman–Crippen MR) is 63.9 cm³/mol. The third kappa shape index (κ3) is 2.42. The summed E-state index contributed by atoms with van der Waals surface area (Å²) >= 11 is 0. The number of tetrazole rings is 1. The molecular formula is C11H15N5O. The van der Waals surface area contributed by atoms with E-state index in [1.807, 2.05) is 25.1 Å². The summed E-state index contributed by atoms with van der Waals surface area (Å²) in [6.45, 7) is 2.36. The van der Waals surface area contributed by atoms with Crippen LogP contribution in [-0.4, -0.2) is 25.8 Å². The number of para-hydroxylation sites is 1. The second-order valence-corrected chi connectivity index (χ2v) is 3.86. The van der Waals surface area contributed by atoms with E-state index in [0.29, 0.717) is 12.2 Å². The second-order valence-electron chi connectivity index (χ2n) is 3.86. The van der Waals surface area contributed by atoms with Gasteiger partial charge in [0.05, 0.1) is 12.2 Å². The highest BCUT2D eigenvalue weighted by Crippen LogP contribution is 2.00. The van der Waals surface area contributed by atoms with Gasteiger partial charge in [0.25, 0.3) is 0 Å². The van der Waals surface area contributed by atoms with Gasteiger partial charge in [0.15, 0.2) is 0 Å². The first-order chi connectivity index (χ1) is 8.22. The summed E-state index contributed by atoms with van der Waals surface area (Å²) in [5, 5.41) is 7.65. The SMILES string of the molecule is CC[C@@H](N)Cn1nnn(-c2ccccc2)c1=O. The van der Waals surface area contributed by atoms with Crippen molar-refractivity contribution in [1.82, 2.24) is 19.8 Å². The smallest absolute Gasteiger partial charge is 0.326 e. The van der Waals surface area contributed by atoms with Crippen molar-refractivity contribution in [3.05, 3.63) is 40.8 Å². The van der Waals surface area contributed by atoms with E-state index in [1.54, 1.807) is 12.1 Å². The normalized spacial score (nSPS) is 12.6. The van der Waals surface area contributed by atoms with Crippen LogP contribution in [0.1, 0.15) is 13.3 Å². The highest BCUT2D eigenvalue weighted by molar-refractivity contribution is 5.28. The molecule has 0 amide bonds. The van der Waals surface area contributed by atoms with Crippen molar-refractivity contribution >= 4 is 0 Å². The van der Waals surface area contributed by atoms with Gasteiger partial charge in [-0.25, -0.2) is 4.79 Å². The zero-order valence-electron chi connectivity index (χ0n) is 9.65. The molecule has 0 spiro atoms. The van der Waals surface area contributed by atoms with Crippen molar-refractivity contribution in [3.63, 3.8) is 0 Å². The Morgan fingerprint density at radius 1 is 1.29 bits per heavy atom. The van der Waals surface area contributed by atoms with Gasteiger partial charge in [-0.05, 0) is 29.0 Å². The zero-order chi connectivity index (χ0) is 12.3. The largest absolute Gasteiger partial charge is 0.368 e. The molecule has 2 aromatic rings. The fourth-order valence-electron chi connectivity index (χ4n) is 1.47. The maximum atomic E-state index is 12.0. The molecular weight excluding hydrogens is 218 g/mol. The van der Waals surface area contributed by atoms with Gasteiger partial charge in [-0.2, -0.15) is 9.36 Å². The number of aromatic nitrogens is 4. The molecule has 1 heterocycles. The van der Waals surface area contributed by atoms with Gasteiger partial charge >= 0.3 is 5.69 Å². The van der Waals surface area contributed by atoms with Crippen molar-refractivity contribution in [2.45, 2.75) is 25.9 Å². The topological polar surface area (TPSA) is 78.7 Å². The summed E-state index contributed by atoms with van der Waals surface area (Å²) < 4.78 is 2.56. The highest BCUT2D eigenvalue weighted by atomic mass is 16.2. The number of benzene rings is 1. The molecule has 90 valence electrons. The number of nitrogens with two attached hydrogens (primary N) is 1. The van der Waals surface area contributed by atoms with Gasteiger partial charge in [0, 0.05) is 6.04 Å². The highest BCUT2D eigenvalue weighted by Gasteiger charge is 2.10. The molecule has 0 aliphatic carbocycles. The molecule has 0 saturated carbocycles. The predicted octanol–water partition coefficient (Wildman–Crippen LogP) is 0.166. The molecule has 1 aromatic carbocycles. The summed E-state index contributed by atoms with van der Waals surface area (Å²) in [6, 6.07) is 9.11. The lowest BCUT2D eigenvalue weighted by atomic mass is 10.2. The van der Waals surface area contributed by atoms with Gasteiger partial charge < -0.3 is 5.73 Å². The minimum absolute atomic E-state index is 0.0753. The Morgan fingerprint density at radius 2 is 2.00 bits per heavy atom. The maximum absolute atomic E-state index is 12.0. The molecule has 1 aromatic heterocycles. The molecule has 0 fully saturated rings. The fraction of sp³-hybridized carbons (Fsp3) is 0.364. The quantitative estimate of drug-likeness (QED) is 0.816. The van der Waals surface area contributed by atoms with Crippen LogP contribution in [-0.2, 0) is 6.54 Å². The van der Waals surface area contributed by atoms with Gasteiger partial charge in [0.2, 0.25) is 0 Å². The lowest BCUT2D eigenvalue weighted by Crippen LogP contribution is -2.32. The Kier molecular flexibility index (Phi) is 3.34. The number of nitrogens with zero attached hydrogens (tertiary/aromatic N) is 4. The fourth-order valence-corrected chi connectivity index (χ4v) is 1.47. The average molecular weight is 233 g/mol. The Hall–Kier alpha value is -1.95. The van der Waals surface area contributed by atoms with E-state index in [9.17, 15) is 4.79 Å². The molecule has 0 unspecified atom stereocenters. The van der Waals surface area contributed by atoms with Gasteiger partial charge in [-0.15, -0.1) is 0 Å². The molecule has 0 aliphatic heterocycles. The third-order valence-electron chi connectivity index (χ3n) is 2.57. The van der Waals surface area contributed by atoms with Crippen molar-refractivity contribution in [1.29, 1.82) is 0 Å². The summed E-state index contributed by atoms with van der Waals surface area (Å²) in [6.07, 6.45) is 0.796. The van der Waals surface area contributed by atoms with Crippen LogP contribution in [0, 0.1) is 0 Å². The monoisotopic (exact) mass is 233 g/mol.